The molecule has 0 bridgehead atoms. The summed E-state index contributed by atoms with van der Waals surface area (Å²) in [6, 6.07) is 0.731. The molecule has 2 unspecified atom stereocenters. The monoisotopic (exact) mass is 219 g/mol. The Bertz CT molecular complexity index is 176. The van der Waals surface area contributed by atoms with E-state index in [1.807, 2.05) is 18.7 Å². The van der Waals surface area contributed by atoms with Gasteiger partial charge in [0.05, 0.1) is 13.5 Å². The van der Waals surface area contributed by atoms with Crippen molar-refractivity contribution >= 4 is 17.7 Å². The molecule has 0 fully saturated rings. The zero-order valence-corrected chi connectivity index (χ0v) is 10.6. The number of hydrogen-bond acceptors (Lipinski definition) is 4. The van der Waals surface area contributed by atoms with Gasteiger partial charge in [0.1, 0.15) is 0 Å². The molecular weight excluding hydrogens is 198 g/mol. The predicted molar refractivity (Wildman–Crippen MR) is 61.7 cm³/mol. The minimum atomic E-state index is -0.138. The van der Waals surface area contributed by atoms with Crippen molar-refractivity contribution in [3.8, 4) is 0 Å². The minimum Gasteiger partial charge on any atom is -0.469 e. The van der Waals surface area contributed by atoms with E-state index in [9.17, 15) is 4.79 Å². The van der Waals surface area contributed by atoms with Crippen LogP contribution in [0.25, 0.3) is 0 Å². The maximum absolute atomic E-state index is 11.1. The summed E-state index contributed by atoms with van der Waals surface area (Å²) in [5.74, 6) is 0.947. The van der Waals surface area contributed by atoms with Crippen LogP contribution in [-0.4, -0.2) is 49.1 Å². The number of carbonyl (C=O) groups is 1. The first-order valence-corrected chi connectivity index (χ1v) is 6.20. The minimum absolute atomic E-state index is 0.138. The molecule has 3 nitrogen and oxygen atoms in total. The number of hydrogen-bond donors (Lipinski definition) is 0. The van der Waals surface area contributed by atoms with Crippen molar-refractivity contribution in [3.05, 3.63) is 0 Å². The van der Waals surface area contributed by atoms with Crippen molar-refractivity contribution in [1.29, 1.82) is 0 Å². The lowest BCUT2D eigenvalue weighted by molar-refractivity contribution is -0.141. The number of ether oxygens (including phenoxy) is 1. The maximum atomic E-state index is 11.1. The van der Waals surface area contributed by atoms with Crippen molar-refractivity contribution < 1.29 is 9.53 Å². The van der Waals surface area contributed by atoms with Crippen LogP contribution < -0.4 is 0 Å². The van der Waals surface area contributed by atoms with Gasteiger partial charge >= 0.3 is 5.97 Å². The smallest absolute Gasteiger partial charge is 0.307 e. The molecule has 0 aliphatic heterocycles. The molecule has 0 saturated carbocycles. The van der Waals surface area contributed by atoms with Crippen LogP contribution in [0, 0.1) is 0 Å². The Labute approximate surface area is 91.2 Å². The van der Waals surface area contributed by atoms with Crippen LogP contribution >= 0.6 is 11.8 Å². The van der Waals surface area contributed by atoms with Gasteiger partial charge in [0.15, 0.2) is 0 Å². The fourth-order valence-electron chi connectivity index (χ4n) is 1.26. The van der Waals surface area contributed by atoms with Gasteiger partial charge < -0.3 is 4.74 Å². The molecular formula is C10H21NO2S. The molecule has 4 heteroatoms. The molecule has 0 amide bonds. The van der Waals surface area contributed by atoms with E-state index in [0.717, 1.165) is 5.75 Å². The third kappa shape index (κ3) is 4.86. The molecule has 84 valence electrons. The van der Waals surface area contributed by atoms with Crippen LogP contribution in [0.1, 0.15) is 20.3 Å². The highest BCUT2D eigenvalue weighted by atomic mass is 32.2. The SMILES string of the molecule is COC(=O)CC(C)N(C)C(C)CSC. The number of thioether (sulfide) groups is 1. The fourth-order valence-corrected chi connectivity index (χ4v) is 1.98. The lowest BCUT2D eigenvalue weighted by atomic mass is 10.2. The topological polar surface area (TPSA) is 29.5 Å². The molecule has 0 aromatic rings. The van der Waals surface area contributed by atoms with E-state index in [1.165, 1.54) is 7.11 Å². The van der Waals surface area contributed by atoms with Crippen LogP contribution in [0.3, 0.4) is 0 Å². The summed E-state index contributed by atoms with van der Waals surface area (Å²) in [6.07, 6.45) is 2.56. The van der Waals surface area contributed by atoms with Crippen molar-refractivity contribution in [1.82, 2.24) is 4.90 Å². The second-order valence-corrected chi connectivity index (χ2v) is 4.51. The van der Waals surface area contributed by atoms with Gasteiger partial charge in [0.2, 0.25) is 0 Å². The largest absolute Gasteiger partial charge is 0.469 e. The van der Waals surface area contributed by atoms with Gasteiger partial charge in [0.25, 0.3) is 0 Å². The van der Waals surface area contributed by atoms with Gasteiger partial charge in [-0.3, -0.25) is 9.69 Å². The Hall–Kier alpha value is -0.220. The predicted octanol–water partition coefficient (Wildman–Crippen LogP) is 1.62. The van der Waals surface area contributed by atoms with Gasteiger partial charge in [-0.2, -0.15) is 11.8 Å². The fraction of sp³-hybridized carbons (Fsp3) is 0.900. The lowest BCUT2D eigenvalue weighted by Gasteiger charge is -2.29. The molecule has 0 radical (unpaired) electrons. The zero-order chi connectivity index (χ0) is 11.1. The highest BCUT2D eigenvalue weighted by molar-refractivity contribution is 7.98. The Balaban J connectivity index is 3.97. The number of carbonyl (C=O) groups excluding carboxylic acids is 1. The number of esters is 1. The molecule has 0 aliphatic carbocycles. The van der Waals surface area contributed by atoms with E-state index < -0.39 is 0 Å². The van der Waals surface area contributed by atoms with Gasteiger partial charge in [-0.15, -0.1) is 0 Å². The summed E-state index contributed by atoms with van der Waals surface area (Å²) in [7, 11) is 3.48. The van der Waals surface area contributed by atoms with Crippen molar-refractivity contribution in [2.24, 2.45) is 0 Å². The number of methoxy groups -OCH3 is 1. The van der Waals surface area contributed by atoms with Gasteiger partial charge in [-0.05, 0) is 27.2 Å². The van der Waals surface area contributed by atoms with Gasteiger partial charge in [-0.25, -0.2) is 0 Å². The standard InChI is InChI=1S/C10H21NO2S/c1-8(6-10(12)13-4)11(3)9(2)7-14-5/h8-9H,6-7H2,1-5H3. The Morgan fingerprint density at radius 3 is 2.43 bits per heavy atom. The average Bonchev–Trinajstić information content (AvgIpc) is 2.16. The highest BCUT2D eigenvalue weighted by Gasteiger charge is 2.18. The van der Waals surface area contributed by atoms with Crippen LogP contribution in [0.5, 0.6) is 0 Å². The van der Waals surface area contributed by atoms with Crippen molar-refractivity contribution in [2.75, 3.05) is 26.2 Å². The van der Waals surface area contributed by atoms with Crippen molar-refractivity contribution in [3.63, 3.8) is 0 Å². The molecule has 2 atom stereocenters. The summed E-state index contributed by atoms with van der Waals surface area (Å²) in [5, 5.41) is 0. The molecule has 0 rings (SSSR count). The second-order valence-electron chi connectivity index (χ2n) is 3.60. The van der Waals surface area contributed by atoms with Crippen LogP contribution in [0.4, 0.5) is 0 Å². The molecule has 0 spiro atoms. The third-order valence-electron chi connectivity index (χ3n) is 2.49. The van der Waals surface area contributed by atoms with Crippen LogP contribution in [0.15, 0.2) is 0 Å². The van der Waals surface area contributed by atoms with E-state index in [0.29, 0.717) is 12.5 Å². The Kier molecular flexibility index (Phi) is 7.01. The number of nitrogens with zero attached hydrogens (tertiary/aromatic N) is 1. The Morgan fingerprint density at radius 2 is 2.00 bits per heavy atom. The first kappa shape index (κ1) is 13.8. The highest BCUT2D eigenvalue weighted by Crippen LogP contribution is 2.10. The van der Waals surface area contributed by atoms with Crippen molar-refractivity contribution in [2.45, 2.75) is 32.4 Å². The summed E-state index contributed by atoms with van der Waals surface area (Å²) in [4.78, 5) is 13.3. The first-order valence-electron chi connectivity index (χ1n) is 4.80. The van der Waals surface area contributed by atoms with Gasteiger partial charge in [0, 0.05) is 17.8 Å². The van der Waals surface area contributed by atoms with E-state index in [-0.39, 0.29) is 12.0 Å². The summed E-state index contributed by atoms with van der Waals surface area (Å²) >= 11 is 1.82. The molecule has 0 aromatic heterocycles. The van der Waals surface area contributed by atoms with Crippen LogP contribution in [-0.2, 0) is 9.53 Å². The summed E-state index contributed by atoms with van der Waals surface area (Å²) in [6.45, 7) is 4.22. The molecule has 0 aliphatic rings. The molecule has 0 N–H and O–H groups in total. The zero-order valence-electron chi connectivity index (χ0n) is 9.74. The molecule has 0 aromatic carbocycles. The molecule has 0 heterocycles. The second kappa shape index (κ2) is 7.12. The van der Waals surface area contributed by atoms with E-state index in [1.54, 1.807) is 0 Å². The number of rotatable bonds is 6. The first-order chi connectivity index (χ1) is 6.52. The van der Waals surface area contributed by atoms with E-state index in [2.05, 4.69) is 29.9 Å². The van der Waals surface area contributed by atoms with Crippen LogP contribution in [0.2, 0.25) is 0 Å². The quantitative estimate of drug-likeness (QED) is 0.635. The van der Waals surface area contributed by atoms with E-state index in [4.69, 9.17) is 0 Å². The normalized spacial score (nSPS) is 15.3. The third-order valence-corrected chi connectivity index (χ3v) is 3.30. The van der Waals surface area contributed by atoms with Gasteiger partial charge in [-0.1, -0.05) is 0 Å². The molecule has 14 heavy (non-hydrogen) atoms. The average molecular weight is 219 g/mol. The summed E-state index contributed by atoms with van der Waals surface area (Å²) in [5.41, 5.74) is 0. The van der Waals surface area contributed by atoms with E-state index >= 15 is 0 Å². The Morgan fingerprint density at radius 1 is 1.43 bits per heavy atom. The lowest BCUT2D eigenvalue weighted by Crippen LogP contribution is -2.39. The summed E-state index contributed by atoms with van der Waals surface area (Å²) < 4.78 is 4.64. The molecule has 0 saturated heterocycles. The maximum Gasteiger partial charge on any atom is 0.307 e.